The number of amides is 1. The molecular weight excluding hydrogens is 272 g/mol. The van der Waals surface area contributed by atoms with Crippen LogP contribution >= 0.6 is 12.4 Å². The number of ether oxygens (including phenoxy) is 2. The number of rotatable bonds is 5. The SMILES string of the molecule is COCC(N)C(=O)Nc1ccc(C(=O)OC)cc1.Cl. The first-order valence-corrected chi connectivity index (χ1v) is 5.32. The van der Waals surface area contributed by atoms with Crippen molar-refractivity contribution < 1.29 is 19.1 Å². The molecule has 0 aliphatic rings. The van der Waals surface area contributed by atoms with Gasteiger partial charge in [0.25, 0.3) is 0 Å². The molecule has 0 saturated carbocycles. The zero-order chi connectivity index (χ0) is 13.5. The zero-order valence-corrected chi connectivity index (χ0v) is 11.5. The maximum absolute atomic E-state index is 11.6. The first kappa shape index (κ1) is 17.4. The van der Waals surface area contributed by atoms with Gasteiger partial charge in [0, 0.05) is 12.8 Å². The normalized spacial score (nSPS) is 11.1. The van der Waals surface area contributed by atoms with E-state index in [2.05, 4.69) is 10.1 Å². The molecule has 1 aromatic carbocycles. The molecular formula is C12H17ClN2O4. The fraction of sp³-hybridized carbons (Fsp3) is 0.333. The van der Waals surface area contributed by atoms with Crippen molar-refractivity contribution in [3.63, 3.8) is 0 Å². The Balaban J connectivity index is 0.00000324. The fourth-order valence-electron chi connectivity index (χ4n) is 1.30. The molecule has 0 fully saturated rings. The summed E-state index contributed by atoms with van der Waals surface area (Å²) < 4.78 is 9.35. The minimum Gasteiger partial charge on any atom is -0.465 e. The Hall–Kier alpha value is -1.63. The van der Waals surface area contributed by atoms with Crippen molar-refractivity contribution in [1.82, 2.24) is 0 Å². The van der Waals surface area contributed by atoms with Crippen LogP contribution in [-0.4, -0.2) is 38.7 Å². The summed E-state index contributed by atoms with van der Waals surface area (Å²) >= 11 is 0. The Bertz CT molecular complexity index is 422. The van der Waals surface area contributed by atoms with E-state index >= 15 is 0 Å². The van der Waals surface area contributed by atoms with Gasteiger partial charge in [-0.1, -0.05) is 0 Å². The van der Waals surface area contributed by atoms with Crippen LogP contribution in [-0.2, 0) is 14.3 Å². The predicted molar refractivity (Wildman–Crippen MR) is 73.5 cm³/mol. The first-order valence-electron chi connectivity index (χ1n) is 5.32. The van der Waals surface area contributed by atoms with Crippen molar-refractivity contribution in [2.24, 2.45) is 5.73 Å². The second-order valence-electron chi connectivity index (χ2n) is 3.62. The molecule has 3 N–H and O–H groups in total. The van der Waals surface area contributed by atoms with Gasteiger partial charge in [-0.3, -0.25) is 4.79 Å². The monoisotopic (exact) mass is 288 g/mol. The Labute approximate surface area is 117 Å². The fourth-order valence-corrected chi connectivity index (χ4v) is 1.30. The van der Waals surface area contributed by atoms with Crippen molar-refractivity contribution in [2.45, 2.75) is 6.04 Å². The van der Waals surface area contributed by atoms with Crippen LogP contribution in [0, 0.1) is 0 Å². The van der Waals surface area contributed by atoms with Gasteiger partial charge in [-0.2, -0.15) is 0 Å². The average molecular weight is 289 g/mol. The lowest BCUT2D eigenvalue weighted by Gasteiger charge is -2.11. The molecule has 0 bridgehead atoms. The topological polar surface area (TPSA) is 90.6 Å². The highest BCUT2D eigenvalue weighted by atomic mass is 35.5. The Kier molecular flexibility index (Phi) is 7.74. The molecule has 0 aliphatic carbocycles. The molecule has 1 unspecified atom stereocenters. The third-order valence-electron chi connectivity index (χ3n) is 2.26. The third kappa shape index (κ3) is 5.25. The molecule has 7 heteroatoms. The summed E-state index contributed by atoms with van der Waals surface area (Å²) in [5, 5.41) is 2.61. The van der Waals surface area contributed by atoms with E-state index in [1.54, 1.807) is 24.3 Å². The van der Waals surface area contributed by atoms with E-state index in [1.807, 2.05) is 0 Å². The average Bonchev–Trinajstić information content (AvgIpc) is 2.39. The molecule has 1 atom stereocenters. The van der Waals surface area contributed by atoms with Crippen LogP contribution in [0.2, 0.25) is 0 Å². The number of hydrogen-bond acceptors (Lipinski definition) is 5. The highest BCUT2D eigenvalue weighted by Gasteiger charge is 2.13. The van der Waals surface area contributed by atoms with Crippen LogP contribution in [0.15, 0.2) is 24.3 Å². The van der Waals surface area contributed by atoms with Crippen LogP contribution < -0.4 is 11.1 Å². The standard InChI is InChI=1S/C12H16N2O4.ClH/c1-17-7-10(13)11(15)14-9-5-3-8(4-6-9)12(16)18-2;/h3-6,10H,7,13H2,1-2H3,(H,14,15);1H. The predicted octanol–water partition coefficient (Wildman–Crippen LogP) is 0.807. The molecule has 0 saturated heterocycles. The van der Waals surface area contributed by atoms with E-state index in [-0.39, 0.29) is 24.9 Å². The van der Waals surface area contributed by atoms with E-state index in [9.17, 15) is 9.59 Å². The molecule has 0 aliphatic heterocycles. The van der Waals surface area contributed by atoms with Crippen molar-refractivity contribution in [3.8, 4) is 0 Å². The lowest BCUT2D eigenvalue weighted by atomic mass is 10.2. The Morgan fingerprint density at radius 3 is 2.32 bits per heavy atom. The van der Waals surface area contributed by atoms with Crippen molar-refractivity contribution in [2.75, 3.05) is 26.1 Å². The van der Waals surface area contributed by atoms with Crippen molar-refractivity contribution >= 4 is 30.0 Å². The number of anilines is 1. The summed E-state index contributed by atoms with van der Waals surface area (Å²) in [4.78, 5) is 22.8. The van der Waals surface area contributed by atoms with Gasteiger partial charge in [-0.15, -0.1) is 12.4 Å². The van der Waals surface area contributed by atoms with Gasteiger partial charge in [-0.25, -0.2) is 4.79 Å². The highest BCUT2D eigenvalue weighted by molar-refractivity contribution is 5.95. The molecule has 0 radical (unpaired) electrons. The van der Waals surface area contributed by atoms with Gasteiger partial charge in [-0.05, 0) is 24.3 Å². The van der Waals surface area contributed by atoms with E-state index in [1.165, 1.54) is 14.2 Å². The van der Waals surface area contributed by atoms with Crippen molar-refractivity contribution in [3.05, 3.63) is 29.8 Å². The molecule has 0 spiro atoms. The van der Waals surface area contributed by atoms with Gasteiger partial charge >= 0.3 is 5.97 Å². The number of nitrogens with two attached hydrogens (primary N) is 1. The number of carbonyl (C=O) groups excluding carboxylic acids is 2. The molecule has 6 nitrogen and oxygen atoms in total. The minimum absolute atomic E-state index is 0. The summed E-state index contributed by atoms with van der Waals surface area (Å²) in [6.45, 7) is 0.145. The summed E-state index contributed by atoms with van der Waals surface area (Å²) in [6.07, 6.45) is 0. The Morgan fingerprint density at radius 1 is 1.26 bits per heavy atom. The second kappa shape index (κ2) is 8.47. The van der Waals surface area contributed by atoms with E-state index in [4.69, 9.17) is 10.5 Å². The van der Waals surface area contributed by atoms with E-state index < -0.39 is 12.0 Å². The number of hydrogen-bond donors (Lipinski definition) is 2. The molecule has 0 aromatic heterocycles. The minimum atomic E-state index is -0.727. The highest BCUT2D eigenvalue weighted by Crippen LogP contribution is 2.10. The number of esters is 1. The van der Waals surface area contributed by atoms with E-state index in [0.29, 0.717) is 11.3 Å². The summed E-state index contributed by atoms with van der Waals surface area (Å²) in [5.74, 6) is -0.772. The van der Waals surface area contributed by atoms with Gasteiger partial charge < -0.3 is 20.5 Å². The maximum Gasteiger partial charge on any atom is 0.337 e. The lowest BCUT2D eigenvalue weighted by Crippen LogP contribution is -2.39. The van der Waals surface area contributed by atoms with Crippen LogP contribution in [0.5, 0.6) is 0 Å². The van der Waals surface area contributed by atoms with Crippen LogP contribution in [0.3, 0.4) is 0 Å². The van der Waals surface area contributed by atoms with Gasteiger partial charge in [0.1, 0.15) is 6.04 Å². The number of halogens is 1. The molecule has 1 amide bonds. The summed E-state index contributed by atoms with van der Waals surface area (Å²) in [6, 6.07) is 5.59. The zero-order valence-electron chi connectivity index (χ0n) is 10.7. The molecule has 106 valence electrons. The second-order valence-corrected chi connectivity index (χ2v) is 3.62. The first-order chi connectivity index (χ1) is 8.58. The molecule has 1 aromatic rings. The van der Waals surface area contributed by atoms with Crippen LogP contribution in [0.4, 0.5) is 5.69 Å². The number of benzene rings is 1. The van der Waals surface area contributed by atoms with Gasteiger partial charge in [0.2, 0.25) is 5.91 Å². The van der Waals surface area contributed by atoms with Crippen LogP contribution in [0.1, 0.15) is 10.4 Å². The van der Waals surface area contributed by atoms with Crippen molar-refractivity contribution in [1.29, 1.82) is 0 Å². The van der Waals surface area contributed by atoms with E-state index in [0.717, 1.165) is 0 Å². The number of nitrogens with one attached hydrogen (secondary N) is 1. The summed E-state index contributed by atoms with van der Waals surface area (Å²) in [5.41, 5.74) is 6.53. The quantitative estimate of drug-likeness (QED) is 0.782. The van der Waals surface area contributed by atoms with Gasteiger partial charge in [0.15, 0.2) is 0 Å². The molecule has 0 heterocycles. The molecule has 1 rings (SSSR count). The maximum atomic E-state index is 11.6. The summed E-state index contributed by atoms with van der Waals surface area (Å²) in [7, 11) is 2.78. The number of methoxy groups -OCH3 is 2. The largest absolute Gasteiger partial charge is 0.465 e. The smallest absolute Gasteiger partial charge is 0.337 e. The lowest BCUT2D eigenvalue weighted by molar-refractivity contribution is -0.118. The number of carbonyl (C=O) groups is 2. The van der Waals surface area contributed by atoms with Gasteiger partial charge in [0.05, 0.1) is 19.3 Å². The third-order valence-corrected chi connectivity index (χ3v) is 2.26. The Morgan fingerprint density at radius 2 is 1.84 bits per heavy atom. The van der Waals surface area contributed by atoms with Crippen LogP contribution in [0.25, 0.3) is 0 Å². The molecule has 19 heavy (non-hydrogen) atoms.